The zero-order valence-corrected chi connectivity index (χ0v) is 12.5. The highest BCUT2D eigenvalue weighted by molar-refractivity contribution is 5.30. The van der Waals surface area contributed by atoms with Crippen LogP contribution in [0.25, 0.3) is 0 Å². The van der Waals surface area contributed by atoms with E-state index in [1.165, 1.54) is 11.1 Å². The fraction of sp³-hybridized carbons (Fsp3) is 0.500. The van der Waals surface area contributed by atoms with Gasteiger partial charge in [0, 0.05) is 0 Å². The van der Waals surface area contributed by atoms with E-state index in [-0.39, 0.29) is 6.10 Å². The molecule has 0 fully saturated rings. The van der Waals surface area contributed by atoms with Gasteiger partial charge in [0.05, 0.1) is 19.7 Å². The molecule has 1 aliphatic rings. The van der Waals surface area contributed by atoms with Crippen LogP contribution >= 0.6 is 0 Å². The van der Waals surface area contributed by atoms with Gasteiger partial charge in [-0.2, -0.15) is 5.10 Å². The van der Waals surface area contributed by atoms with Crippen LogP contribution in [0, 0.1) is 0 Å². The maximum atomic E-state index is 5.91. The average molecular weight is 286 g/mol. The Balaban J connectivity index is 1.65. The van der Waals surface area contributed by atoms with Crippen molar-refractivity contribution in [2.75, 3.05) is 13.2 Å². The standard InChI is InChI=1S/C16H22N4O/c1-2-8-17-10-16-18-12-20(19-16)11-15-14-6-4-3-5-13(14)7-9-21-15/h3-6,12,15,17H,2,7-11H2,1H3. The first kappa shape index (κ1) is 14.2. The SMILES string of the molecule is CCCNCc1ncn(CC2OCCc3ccccc32)n1. The Hall–Kier alpha value is -1.72. The van der Waals surface area contributed by atoms with Gasteiger partial charge in [-0.3, -0.25) is 0 Å². The van der Waals surface area contributed by atoms with Crippen LogP contribution in [0.3, 0.4) is 0 Å². The fourth-order valence-corrected chi connectivity index (χ4v) is 2.68. The van der Waals surface area contributed by atoms with E-state index in [1.807, 2.05) is 4.68 Å². The van der Waals surface area contributed by atoms with Crippen LogP contribution < -0.4 is 5.32 Å². The second kappa shape index (κ2) is 6.83. The van der Waals surface area contributed by atoms with Gasteiger partial charge in [0.25, 0.3) is 0 Å². The minimum Gasteiger partial charge on any atom is -0.371 e. The molecule has 1 aromatic carbocycles. The second-order valence-electron chi connectivity index (χ2n) is 5.37. The summed E-state index contributed by atoms with van der Waals surface area (Å²) in [6.07, 6.45) is 3.99. The van der Waals surface area contributed by atoms with Crippen LogP contribution in [-0.2, 0) is 24.2 Å². The molecule has 1 aliphatic heterocycles. The van der Waals surface area contributed by atoms with E-state index in [1.54, 1.807) is 6.33 Å². The number of rotatable bonds is 6. The predicted octanol–water partition coefficient (Wildman–Crippen LogP) is 2.09. The highest BCUT2D eigenvalue weighted by Crippen LogP contribution is 2.27. The summed E-state index contributed by atoms with van der Waals surface area (Å²) in [5.74, 6) is 0.840. The highest BCUT2D eigenvalue weighted by Gasteiger charge is 2.21. The van der Waals surface area contributed by atoms with Crippen LogP contribution in [0.1, 0.15) is 36.4 Å². The highest BCUT2D eigenvalue weighted by atomic mass is 16.5. The molecule has 3 rings (SSSR count). The largest absolute Gasteiger partial charge is 0.371 e. The number of ether oxygens (including phenoxy) is 1. The molecule has 0 bridgehead atoms. The molecular weight excluding hydrogens is 264 g/mol. The summed E-state index contributed by atoms with van der Waals surface area (Å²) in [4.78, 5) is 4.34. The van der Waals surface area contributed by atoms with Crippen molar-refractivity contribution in [1.29, 1.82) is 0 Å². The zero-order valence-electron chi connectivity index (χ0n) is 12.5. The Morgan fingerprint density at radius 2 is 2.29 bits per heavy atom. The number of hydrogen-bond acceptors (Lipinski definition) is 4. The van der Waals surface area contributed by atoms with Gasteiger partial charge in [-0.05, 0) is 30.5 Å². The smallest absolute Gasteiger partial charge is 0.164 e. The van der Waals surface area contributed by atoms with Gasteiger partial charge in [0.2, 0.25) is 0 Å². The molecular formula is C16H22N4O. The summed E-state index contributed by atoms with van der Waals surface area (Å²) >= 11 is 0. The molecule has 112 valence electrons. The third-order valence-corrected chi connectivity index (χ3v) is 3.74. The Morgan fingerprint density at radius 3 is 3.19 bits per heavy atom. The van der Waals surface area contributed by atoms with Gasteiger partial charge < -0.3 is 10.1 Å². The maximum Gasteiger partial charge on any atom is 0.164 e. The maximum absolute atomic E-state index is 5.91. The molecule has 2 heterocycles. The topological polar surface area (TPSA) is 52.0 Å². The summed E-state index contributed by atoms with van der Waals surface area (Å²) in [5.41, 5.74) is 2.67. The normalized spacial score (nSPS) is 17.7. The quantitative estimate of drug-likeness (QED) is 0.826. The zero-order chi connectivity index (χ0) is 14.5. The van der Waals surface area contributed by atoms with Gasteiger partial charge in [-0.25, -0.2) is 9.67 Å². The molecule has 1 unspecified atom stereocenters. The van der Waals surface area contributed by atoms with E-state index in [2.05, 4.69) is 46.6 Å². The van der Waals surface area contributed by atoms with Crippen molar-refractivity contribution in [3.05, 3.63) is 47.5 Å². The van der Waals surface area contributed by atoms with Crippen LogP contribution in [0.15, 0.2) is 30.6 Å². The van der Waals surface area contributed by atoms with Crippen molar-refractivity contribution in [2.24, 2.45) is 0 Å². The minimum absolute atomic E-state index is 0.0769. The number of hydrogen-bond donors (Lipinski definition) is 1. The molecule has 1 N–H and O–H groups in total. The number of aromatic nitrogens is 3. The Morgan fingerprint density at radius 1 is 1.38 bits per heavy atom. The summed E-state index contributed by atoms with van der Waals surface area (Å²) in [5, 5.41) is 7.83. The lowest BCUT2D eigenvalue weighted by molar-refractivity contribution is 0.0281. The summed E-state index contributed by atoms with van der Waals surface area (Å²) in [6.45, 7) is 5.37. The molecule has 5 heteroatoms. The van der Waals surface area contributed by atoms with Crippen molar-refractivity contribution < 1.29 is 4.74 Å². The average Bonchev–Trinajstić information content (AvgIpc) is 2.96. The predicted molar refractivity (Wildman–Crippen MR) is 80.9 cm³/mol. The summed E-state index contributed by atoms with van der Waals surface area (Å²) < 4.78 is 7.80. The number of nitrogens with one attached hydrogen (secondary N) is 1. The lowest BCUT2D eigenvalue weighted by atomic mass is 9.98. The summed E-state index contributed by atoms with van der Waals surface area (Å²) in [6, 6.07) is 8.50. The summed E-state index contributed by atoms with van der Waals surface area (Å²) in [7, 11) is 0. The molecule has 0 spiro atoms. The first-order valence-electron chi connectivity index (χ1n) is 7.65. The molecule has 2 aromatic rings. The Kier molecular flexibility index (Phi) is 4.62. The van der Waals surface area contributed by atoms with Gasteiger partial charge in [-0.15, -0.1) is 0 Å². The van der Waals surface area contributed by atoms with E-state index in [0.717, 1.165) is 44.9 Å². The molecule has 0 aliphatic carbocycles. The molecule has 0 radical (unpaired) electrons. The first-order chi connectivity index (χ1) is 10.4. The van der Waals surface area contributed by atoms with Crippen molar-refractivity contribution in [3.63, 3.8) is 0 Å². The van der Waals surface area contributed by atoms with Crippen molar-refractivity contribution >= 4 is 0 Å². The second-order valence-corrected chi connectivity index (χ2v) is 5.37. The van der Waals surface area contributed by atoms with Crippen molar-refractivity contribution in [3.8, 4) is 0 Å². The fourth-order valence-electron chi connectivity index (χ4n) is 2.68. The molecule has 0 saturated carbocycles. The van der Waals surface area contributed by atoms with E-state index in [4.69, 9.17) is 4.74 Å². The third-order valence-electron chi connectivity index (χ3n) is 3.74. The Labute approximate surface area is 125 Å². The van der Waals surface area contributed by atoms with Crippen molar-refractivity contribution in [2.45, 2.75) is 39.0 Å². The first-order valence-corrected chi connectivity index (χ1v) is 7.65. The van der Waals surface area contributed by atoms with E-state index < -0.39 is 0 Å². The lowest BCUT2D eigenvalue weighted by Crippen LogP contribution is -2.21. The van der Waals surface area contributed by atoms with E-state index in [0.29, 0.717) is 0 Å². The monoisotopic (exact) mass is 286 g/mol. The van der Waals surface area contributed by atoms with E-state index in [9.17, 15) is 0 Å². The third kappa shape index (κ3) is 3.49. The number of nitrogens with zero attached hydrogens (tertiary/aromatic N) is 3. The molecule has 0 amide bonds. The number of benzene rings is 1. The van der Waals surface area contributed by atoms with E-state index >= 15 is 0 Å². The molecule has 21 heavy (non-hydrogen) atoms. The molecule has 5 nitrogen and oxygen atoms in total. The minimum atomic E-state index is 0.0769. The van der Waals surface area contributed by atoms with Crippen molar-refractivity contribution in [1.82, 2.24) is 20.1 Å². The van der Waals surface area contributed by atoms with Crippen LogP contribution in [0.5, 0.6) is 0 Å². The Bertz CT molecular complexity index is 581. The molecule has 0 saturated heterocycles. The lowest BCUT2D eigenvalue weighted by Gasteiger charge is -2.25. The van der Waals surface area contributed by atoms with Crippen LogP contribution in [0.4, 0.5) is 0 Å². The van der Waals surface area contributed by atoms with Gasteiger partial charge in [-0.1, -0.05) is 31.2 Å². The van der Waals surface area contributed by atoms with Gasteiger partial charge in [0.15, 0.2) is 5.82 Å². The van der Waals surface area contributed by atoms with Gasteiger partial charge >= 0.3 is 0 Å². The molecule has 1 atom stereocenters. The van der Waals surface area contributed by atoms with Crippen LogP contribution in [-0.4, -0.2) is 27.9 Å². The molecule has 1 aromatic heterocycles. The van der Waals surface area contributed by atoms with Crippen LogP contribution in [0.2, 0.25) is 0 Å². The van der Waals surface area contributed by atoms with Gasteiger partial charge in [0.1, 0.15) is 12.4 Å². The number of fused-ring (bicyclic) bond motifs is 1.